The molecule has 0 radical (unpaired) electrons. The van der Waals surface area contributed by atoms with Gasteiger partial charge in [-0.2, -0.15) is 11.8 Å². The molecule has 33 heavy (non-hydrogen) atoms. The van der Waals surface area contributed by atoms with Gasteiger partial charge in [0.2, 0.25) is 0 Å². The number of thioether (sulfide) groups is 1. The number of piperidine rings is 1. The predicted molar refractivity (Wildman–Crippen MR) is 134 cm³/mol. The van der Waals surface area contributed by atoms with Crippen molar-refractivity contribution in [2.75, 3.05) is 19.4 Å². The van der Waals surface area contributed by atoms with E-state index in [1.807, 2.05) is 18.3 Å². The van der Waals surface area contributed by atoms with Crippen LogP contribution in [0.4, 0.5) is 0 Å². The lowest BCUT2D eigenvalue weighted by molar-refractivity contribution is 0.0696. The number of nitrogens with one attached hydrogen (secondary N) is 1. The van der Waals surface area contributed by atoms with Crippen molar-refractivity contribution in [3.8, 4) is 5.75 Å². The van der Waals surface area contributed by atoms with Gasteiger partial charge in [0.1, 0.15) is 5.75 Å². The highest BCUT2D eigenvalue weighted by Gasteiger charge is 2.32. The van der Waals surface area contributed by atoms with E-state index in [1.165, 1.54) is 52.6 Å². The number of aromatic carboxylic acids is 1. The fourth-order valence-electron chi connectivity index (χ4n) is 5.06. The van der Waals surface area contributed by atoms with E-state index >= 15 is 0 Å². The largest absolute Gasteiger partial charge is 0.496 e. The Labute approximate surface area is 199 Å². The molecule has 0 spiro atoms. The molecule has 1 aliphatic heterocycles. The summed E-state index contributed by atoms with van der Waals surface area (Å²) in [6.45, 7) is 3.94. The Morgan fingerprint density at radius 1 is 1.21 bits per heavy atom. The molecule has 5 rings (SSSR count). The van der Waals surface area contributed by atoms with Gasteiger partial charge < -0.3 is 14.8 Å². The molecule has 0 unspecified atom stereocenters. The molecule has 2 N–H and O–H groups in total. The number of aryl methyl sites for hydroxylation is 1. The second-order valence-electron chi connectivity index (χ2n) is 9.48. The van der Waals surface area contributed by atoms with Crippen molar-refractivity contribution in [1.82, 2.24) is 9.88 Å². The molecule has 3 aromatic rings. The van der Waals surface area contributed by atoms with Crippen LogP contribution < -0.4 is 4.74 Å². The Morgan fingerprint density at radius 3 is 2.70 bits per heavy atom. The molecule has 2 atom stereocenters. The number of methoxy groups -OCH3 is 1. The number of rotatable bonds is 8. The molecule has 2 heterocycles. The van der Waals surface area contributed by atoms with Crippen LogP contribution in [-0.4, -0.2) is 45.6 Å². The van der Waals surface area contributed by atoms with Gasteiger partial charge in [-0.3, -0.25) is 4.90 Å². The van der Waals surface area contributed by atoms with Gasteiger partial charge in [-0.25, -0.2) is 4.79 Å². The van der Waals surface area contributed by atoms with Crippen molar-refractivity contribution in [2.45, 2.75) is 50.4 Å². The number of nitrogens with zero attached hydrogens (tertiary/aromatic N) is 1. The van der Waals surface area contributed by atoms with E-state index in [2.05, 4.69) is 40.7 Å². The van der Waals surface area contributed by atoms with Crippen molar-refractivity contribution < 1.29 is 14.6 Å². The van der Waals surface area contributed by atoms with Crippen LogP contribution in [0.2, 0.25) is 0 Å². The summed E-state index contributed by atoms with van der Waals surface area (Å²) in [6.07, 6.45) is 7.07. The number of carboxylic acids is 1. The first-order chi connectivity index (χ1) is 16.0. The SMILES string of the molecule is COc1cc(C)c2[nH]ccc2c1CN1CC[C@H](SCC2CC2)C[C@H]1c1ccc(C(=O)O)cc1. The monoisotopic (exact) mass is 464 g/mol. The van der Waals surface area contributed by atoms with Crippen molar-refractivity contribution in [3.05, 3.63) is 64.8 Å². The number of H-pyrrole nitrogens is 1. The molecular weight excluding hydrogens is 432 g/mol. The molecule has 5 nitrogen and oxygen atoms in total. The van der Waals surface area contributed by atoms with E-state index < -0.39 is 5.97 Å². The number of aromatic amines is 1. The number of carbonyl (C=O) groups is 1. The first kappa shape index (κ1) is 22.4. The van der Waals surface area contributed by atoms with Crippen LogP contribution >= 0.6 is 11.8 Å². The Bertz CT molecular complexity index is 1140. The maximum atomic E-state index is 11.4. The normalized spacial score (nSPS) is 21.4. The topological polar surface area (TPSA) is 65.6 Å². The van der Waals surface area contributed by atoms with Gasteiger partial charge in [0.05, 0.1) is 12.7 Å². The molecule has 2 fully saturated rings. The molecule has 1 saturated carbocycles. The minimum absolute atomic E-state index is 0.262. The number of hydrogen-bond acceptors (Lipinski definition) is 4. The van der Waals surface area contributed by atoms with Crippen LogP contribution in [0.15, 0.2) is 42.6 Å². The lowest BCUT2D eigenvalue weighted by atomic mass is 9.93. The summed E-state index contributed by atoms with van der Waals surface area (Å²) in [5.74, 6) is 2.27. The average Bonchev–Trinajstić information content (AvgIpc) is 3.53. The molecule has 1 aliphatic carbocycles. The number of aromatic nitrogens is 1. The fraction of sp³-hybridized carbons (Fsp3) is 0.444. The quantitative estimate of drug-likeness (QED) is 0.426. The zero-order valence-electron chi connectivity index (χ0n) is 19.3. The van der Waals surface area contributed by atoms with Gasteiger partial charge in [0.15, 0.2) is 0 Å². The molecule has 0 bridgehead atoms. The van der Waals surface area contributed by atoms with Crippen LogP contribution in [0.25, 0.3) is 10.9 Å². The van der Waals surface area contributed by atoms with E-state index in [0.29, 0.717) is 10.8 Å². The summed E-state index contributed by atoms with van der Waals surface area (Å²) in [7, 11) is 1.75. The Morgan fingerprint density at radius 2 is 2.00 bits per heavy atom. The maximum absolute atomic E-state index is 11.4. The molecule has 1 saturated heterocycles. The summed E-state index contributed by atoms with van der Waals surface area (Å²) >= 11 is 2.15. The summed E-state index contributed by atoms with van der Waals surface area (Å²) in [6, 6.07) is 12.0. The summed E-state index contributed by atoms with van der Waals surface area (Å²) in [4.78, 5) is 17.3. The molecular formula is C27H32N2O3S. The van der Waals surface area contributed by atoms with Crippen LogP contribution in [0.3, 0.4) is 0 Å². The molecule has 1 aromatic heterocycles. The van der Waals surface area contributed by atoms with E-state index in [0.717, 1.165) is 31.2 Å². The third kappa shape index (κ3) is 4.78. The van der Waals surface area contributed by atoms with E-state index in [-0.39, 0.29) is 6.04 Å². The number of fused-ring (bicyclic) bond motifs is 1. The Hall–Kier alpha value is -2.44. The molecule has 0 amide bonds. The first-order valence-electron chi connectivity index (χ1n) is 11.9. The average molecular weight is 465 g/mol. The lowest BCUT2D eigenvalue weighted by Crippen LogP contribution is -2.37. The standard InChI is InChI=1S/C27H32N2O3S/c1-17-13-25(32-2)23(22-9-11-28-26(17)22)15-29-12-10-21(33-16-18-3-4-18)14-24(29)19-5-7-20(8-6-19)27(30)31/h5-9,11,13,18,21,24,28H,3-4,10,12,14-16H2,1-2H3,(H,30,31)/t21-,24-/m0/s1. The van der Waals surface area contributed by atoms with Crippen molar-refractivity contribution >= 4 is 28.6 Å². The van der Waals surface area contributed by atoms with E-state index in [9.17, 15) is 9.90 Å². The van der Waals surface area contributed by atoms with Gasteiger partial charge in [-0.1, -0.05) is 12.1 Å². The second-order valence-corrected chi connectivity index (χ2v) is 10.8. The van der Waals surface area contributed by atoms with Crippen molar-refractivity contribution in [3.63, 3.8) is 0 Å². The van der Waals surface area contributed by atoms with Gasteiger partial charge in [0, 0.05) is 47.0 Å². The Balaban J connectivity index is 1.44. The highest BCUT2D eigenvalue weighted by molar-refractivity contribution is 7.99. The summed E-state index contributed by atoms with van der Waals surface area (Å²) < 4.78 is 5.81. The minimum Gasteiger partial charge on any atom is -0.496 e. The maximum Gasteiger partial charge on any atom is 0.335 e. The third-order valence-electron chi connectivity index (χ3n) is 7.16. The number of hydrogen-bond donors (Lipinski definition) is 2. The van der Waals surface area contributed by atoms with Gasteiger partial charge in [0.25, 0.3) is 0 Å². The molecule has 6 heteroatoms. The highest BCUT2D eigenvalue weighted by atomic mass is 32.2. The van der Waals surface area contributed by atoms with Crippen LogP contribution in [0.1, 0.15) is 58.8 Å². The summed E-state index contributed by atoms with van der Waals surface area (Å²) in [5, 5.41) is 11.2. The van der Waals surface area contributed by atoms with Gasteiger partial charge in [-0.05, 0) is 79.7 Å². The first-order valence-corrected chi connectivity index (χ1v) is 12.9. The van der Waals surface area contributed by atoms with Crippen molar-refractivity contribution in [1.29, 1.82) is 0 Å². The number of carboxylic acid groups (broad SMARTS) is 1. The molecule has 2 aliphatic rings. The van der Waals surface area contributed by atoms with E-state index in [4.69, 9.17) is 4.74 Å². The zero-order valence-corrected chi connectivity index (χ0v) is 20.2. The second kappa shape index (κ2) is 9.43. The molecule has 2 aromatic carbocycles. The van der Waals surface area contributed by atoms with Crippen LogP contribution in [-0.2, 0) is 6.54 Å². The number of ether oxygens (including phenoxy) is 1. The van der Waals surface area contributed by atoms with Crippen LogP contribution in [0, 0.1) is 12.8 Å². The fourth-order valence-corrected chi connectivity index (χ4v) is 6.53. The number of likely N-dealkylation sites (tertiary alicyclic amines) is 1. The highest BCUT2D eigenvalue weighted by Crippen LogP contribution is 2.42. The Kier molecular flexibility index (Phi) is 6.39. The smallest absolute Gasteiger partial charge is 0.335 e. The number of benzene rings is 2. The van der Waals surface area contributed by atoms with Crippen LogP contribution in [0.5, 0.6) is 5.75 Å². The summed E-state index contributed by atoms with van der Waals surface area (Å²) in [5.41, 5.74) is 5.12. The van der Waals surface area contributed by atoms with E-state index in [1.54, 1.807) is 19.2 Å². The minimum atomic E-state index is -0.876. The van der Waals surface area contributed by atoms with Gasteiger partial charge >= 0.3 is 5.97 Å². The van der Waals surface area contributed by atoms with Gasteiger partial charge in [-0.15, -0.1) is 0 Å². The lowest BCUT2D eigenvalue weighted by Gasteiger charge is -2.40. The predicted octanol–water partition coefficient (Wildman–Crippen LogP) is 6.03. The zero-order chi connectivity index (χ0) is 22.9. The third-order valence-corrected chi connectivity index (χ3v) is 8.73. The van der Waals surface area contributed by atoms with Crippen molar-refractivity contribution in [2.24, 2.45) is 5.92 Å². The molecule has 174 valence electrons.